The number of nitrogens with one attached hydrogen (secondary N) is 1. The summed E-state index contributed by atoms with van der Waals surface area (Å²) in [5.41, 5.74) is 5.72. The predicted octanol–water partition coefficient (Wildman–Crippen LogP) is 4.40. The lowest BCUT2D eigenvalue weighted by atomic mass is 9.95. The van der Waals surface area contributed by atoms with Crippen LogP contribution in [0.25, 0.3) is 22.8 Å². The Labute approximate surface area is 145 Å². The van der Waals surface area contributed by atoms with Crippen molar-refractivity contribution in [2.45, 2.75) is 12.8 Å². The Morgan fingerprint density at radius 3 is 2.32 bits per heavy atom. The van der Waals surface area contributed by atoms with E-state index in [0.29, 0.717) is 0 Å². The van der Waals surface area contributed by atoms with E-state index in [1.807, 2.05) is 60.7 Å². The van der Waals surface area contributed by atoms with Crippen LogP contribution in [0.5, 0.6) is 0 Å². The lowest BCUT2D eigenvalue weighted by Gasteiger charge is -2.10. The van der Waals surface area contributed by atoms with Crippen molar-refractivity contribution in [2.24, 2.45) is 0 Å². The fourth-order valence-corrected chi connectivity index (χ4v) is 3.47. The highest BCUT2D eigenvalue weighted by molar-refractivity contribution is 5.88. The summed E-state index contributed by atoms with van der Waals surface area (Å²) in [5.74, 6) is 0. The third-order valence-corrected chi connectivity index (χ3v) is 4.60. The maximum absolute atomic E-state index is 12.5. The maximum atomic E-state index is 12.5. The first-order chi connectivity index (χ1) is 12.3. The molecule has 0 amide bonds. The number of aromatic amines is 1. The summed E-state index contributed by atoms with van der Waals surface area (Å²) in [7, 11) is 0. The number of aromatic nitrogens is 1. The topological polar surface area (TPSA) is 56.6 Å². The number of benzene rings is 2. The van der Waals surface area contributed by atoms with Gasteiger partial charge in [-0.25, -0.2) is 0 Å². The van der Waals surface area contributed by atoms with Crippen LogP contribution in [0, 0.1) is 11.3 Å². The third-order valence-electron chi connectivity index (χ3n) is 4.60. The zero-order chi connectivity index (χ0) is 17.2. The zero-order valence-corrected chi connectivity index (χ0v) is 13.6. The fraction of sp³-hybridized carbons (Fsp3) is 0.0909. The standard InChI is InChI=1S/C22H16N2O/c23-14-19-20(16-9-5-2-6-10-16)18-12-11-17(21(18)24-22(19)25)13-15-7-3-1-4-8-15/h1-10,13H,11-12H2,(H,24,25)/b17-13-. The Kier molecular flexibility index (Phi) is 3.80. The monoisotopic (exact) mass is 324 g/mol. The summed E-state index contributed by atoms with van der Waals surface area (Å²) >= 11 is 0. The molecule has 0 saturated heterocycles. The molecule has 0 fully saturated rings. The summed E-state index contributed by atoms with van der Waals surface area (Å²) in [6.45, 7) is 0. The number of H-pyrrole nitrogens is 1. The van der Waals surface area contributed by atoms with E-state index < -0.39 is 0 Å². The van der Waals surface area contributed by atoms with Gasteiger partial charge in [-0.1, -0.05) is 60.7 Å². The first-order valence-corrected chi connectivity index (χ1v) is 8.28. The Morgan fingerprint density at radius 1 is 0.960 bits per heavy atom. The third kappa shape index (κ3) is 2.68. The van der Waals surface area contributed by atoms with Crippen molar-refractivity contribution in [3.05, 3.63) is 93.4 Å². The number of hydrogen-bond acceptors (Lipinski definition) is 2. The number of allylic oxidation sites excluding steroid dienone is 1. The van der Waals surface area contributed by atoms with E-state index in [2.05, 4.69) is 17.1 Å². The molecular weight excluding hydrogens is 308 g/mol. The summed E-state index contributed by atoms with van der Waals surface area (Å²) in [6.07, 6.45) is 3.79. The van der Waals surface area contributed by atoms with Crippen LogP contribution in [0.3, 0.4) is 0 Å². The van der Waals surface area contributed by atoms with E-state index >= 15 is 0 Å². The first kappa shape index (κ1) is 15.2. The van der Waals surface area contributed by atoms with Crippen molar-refractivity contribution in [3.63, 3.8) is 0 Å². The van der Waals surface area contributed by atoms with Gasteiger partial charge in [0.2, 0.25) is 0 Å². The van der Waals surface area contributed by atoms with Crippen LogP contribution in [0.4, 0.5) is 0 Å². The Morgan fingerprint density at radius 2 is 1.64 bits per heavy atom. The number of nitrogens with zero attached hydrogens (tertiary/aromatic N) is 1. The molecule has 0 bridgehead atoms. The Bertz CT molecular complexity index is 1050. The van der Waals surface area contributed by atoms with Crippen molar-refractivity contribution < 1.29 is 0 Å². The number of fused-ring (bicyclic) bond motifs is 1. The molecule has 3 nitrogen and oxygen atoms in total. The average Bonchev–Trinajstić information content (AvgIpc) is 3.04. The van der Waals surface area contributed by atoms with Crippen LogP contribution in [-0.2, 0) is 6.42 Å². The molecule has 25 heavy (non-hydrogen) atoms. The van der Waals surface area contributed by atoms with Crippen molar-refractivity contribution in [3.8, 4) is 17.2 Å². The van der Waals surface area contributed by atoms with Crippen molar-refractivity contribution in [1.82, 2.24) is 4.98 Å². The van der Waals surface area contributed by atoms with Crippen LogP contribution in [0.2, 0.25) is 0 Å². The molecule has 0 aliphatic heterocycles. The molecule has 1 aromatic heterocycles. The zero-order valence-electron chi connectivity index (χ0n) is 13.6. The number of rotatable bonds is 2. The molecule has 120 valence electrons. The van der Waals surface area contributed by atoms with Gasteiger partial charge in [-0.15, -0.1) is 0 Å². The van der Waals surface area contributed by atoms with Gasteiger partial charge in [0.15, 0.2) is 0 Å². The molecule has 2 aromatic carbocycles. The molecule has 0 spiro atoms. The highest BCUT2D eigenvalue weighted by Gasteiger charge is 2.25. The van der Waals surface area contributed by atoms with Crippen molar-refractivity contribution in [1.29, 1.82) is 5.26 Å². The molecule has 0 atom stereocenters. The molecular formula is C22H16N2O. The molecule has 0 saturated carbocycles. The second kappa shape index (κ2) is 6.26. The number of pyridine rings is 1. The van der Waals surface area contributed by atoms with Crippen LogP contribution < -0.4 is 5.56 Å². The van der Waals surface area contributed by atoms with Gasteiger partial charge < -0.3 is 4.98 Å². The molecule has 4 rings (SSSR count). The minimum absolute atomic E-state index is 0.200. The number of nitriles is 1. The molecule has 0 radical (unpaired) electrons. The maximum Gasteiger partial charge on any atom is 0.266 e. The van der Waals surface area contributed by atoms with Crippen LogP contribution >= 0.6 is 0 Å². The minimum Gasteiger partial charge on any atom is -0.321 e. The molecule has 1 heterocycles. The second-order valence-electron chi connectivity index (χ2n) is 6.12. The summed E-state index contributed by atoms with van der Waals surface area (Å²) in [4.78, 5) is 15.4. The van der Waals surface area contributed by atoms with E-state index in [0.717, 1.165) is 46.4 Å². The highest BCUT2D eigenvalue weighted by Crippen LogP contribution is 2.38. The summed E-state index contributed by atoms with van der Waals surface area (Å²) in [6, 6.07) is 21.9. The second-order valence-corrected chi connectivity index (χ2v) is 6.12. The van der Waals surface area contributed by atoms with E-state index in [1.54, 1.807) is 0 Å². The van der Waals surface area contributed by atoms with Gasteiger partial charge >= 0.3 is 0 Å². The summed E-state index contributed by atoms with van der Waals surface area (Å²) < 4.78 is 0. The molecule has 3 aromatic rings. The van der Waals surface area contributed by atoms with Gasteiger partial charge in [0.1, 0.15) is 11.6 Å². The van der Waals surface area contributed by atoms with Gasteiger partial charge in [-0.2, -0.15) is 5.26 Å². The predicted molar refractivity (Wildman–Crippen MR) is 99.8 cm³/mol. The first-order valence-electron chi connectivity index (χ1n) is 8.28. The molecule has 1 aliphatic carbocycles. The van der Waals surface area contributed by atoms with Gasteiger partial charge in [0.05, 0.1) is 0 Å². The van der Waals surface area contributed by atoms with Crippen molar-refractivity contribution >= 4 is 11.6 Å². The van der Waals surface area contributed by atoms with E-state index in [1.165, 1.54) is 0 Å². The van der Waals surface area contributed by atoms with Crippen molar-refractivity contribution in [2.75, 3.05) is 0 Å². The lowest BCUT2D eigenvalue weighted by molar-refractivity contribution is 1.07. The molecule has 1 N–H and O–H groups in total. The minimum atomic E-state index is -0.319. The normalized spacial score (nSPS) is 14.3. The van der Waals surface area contributed by atoms with Gasteiger partial charge in [0, 0.05) is 11.3 Å². The molecule has 0 unspecified atom stereocenters. The quantitative estimate of drug-likeness (QED) is 0.759. The Balaban J connectivity index is 1.95. The lowest BCUT2D eigenvalue weighted by Crippen LogP contribution is -2.15. The summed E-state index contributed by atoms with van der Waals surface area (Å²) in [5, 5.41) is 9.51. The molecule has 1 aliphatic rings. The van der Waals surface area contributed by atoms with Crippen LogP contribution in [0.15, 0.2) is 65.5 Å². The van der Waals surface area contributed by atoms with Gasteiger partial charge in [-0.3, -0.25) is 4.79 Å². The van der Waals surface area contributed by atoms with Gasteiger partial charge in [-0.05, 0) is 41.2 Å². The average molecular weight is 324 g/mol. The largest absolute Gasteiger partial charge is 0.321 e. The van der Waals surface area contributed by atoms with E-state index in [9.17, 15) is 10.1 Å². The highest BCUT2D eigenvalue weighted by atomic mass is 16.1. The van der Waals surface area contributed by atoms with E-state index in [4.69, 9.17) is 0 Å². The smallest absolute Gasteiger partial charge is 0.266 e. The molecule has 3 heteroatoms. The van der Waals surface area contributed by atoms with Crippen LogP contribution in [0.1, 0.15) is 28.8 Å². The van der Waals surface area contributed by atoms with Crippen LogP contribution in [-0.4, -0.2) is 4.98 Å². The Hall–Kier alpha value is -3.38. The van der Waals surface area contributed by atoms with E-state index in [-0.39, 0.29) is 11.1 Å². The SMILES string of the molecule is N#Cc1c(-c2ccccc2)c2c([nH]c1=O)/C(=C\c1ccccc1)CC2. The van der Waals surface area contributed by atoms with Gasteiger partial charge in [0.25, 0.3) is 5.56 Å². The number of hydrogen-bond donors (Lipinski definition) is 1. The fourth-order valence-electron chi connectivity index (χ4n) is 3.47.